The van der Waals surface area contributed by atoms with Gasteiger partial charge in [0.25, 0.3) is 0 Å². The zero-order valence-electron chi connectivity index (χ0n) is 8.71. The van der Waals surface area contributed by atoms with E-state index < -0.39 is 0 Å². The van der Waals surface area contributed by atoms with Gasteiger partial charge in [0.2, 0.25) is 0 Å². The maximum Gasteiger partial charge on any atom is 0.128 e. The smallest absolute Gasteiger partial charge is 0.128 e. The first-order valence-electron chi connectivity index (χ1n) is 4.80. The van der Waals surface area contributed by atoms with Crippen LogP contribution in [0.2, 0.25) is 5.02 Å². The summed E-state index contributed by atoms with van der Waals surface area (Å²) in [6.45, 7) is 0. The van der Waals surface area contributed by atoms with Gasteiger partial charge < -0.3 is 4.74 Å². The van der Waals surface area contributed by atoms with Crippen LogP contribution in [-0.4, -0.2) is 7.11 Å². The molecule has 3 heteroatoms. The van der Waals surface area contributed by atoms with Gasteiger partial charge in [-0.2, -0.15) is 0 Å². The van der Waals surface area contributed by atoms with Crippen molar-refractivity contribution in [2.45, 2.75) is 0 Å². The molecule has 0 unspecified atom stereocenters. The van der Waals surface area contributed by atoms with E-state index in [-0.39, 0.29) is 5.82 Å². The quantitative estimate of drug-likeness (QED) is 0.761. The SMILES string of the molecule is COc1cc(Cl)ccc1-c1cccc(F)c1. The van der Waals surface area contributed by atoms with E-state index in [9.17, 15) is 4.39 Å². The molecule has 0 bridgehead atoms. The van der Waals surface area contributed by atoms with Gasteiger partial charge in [-0.15, -0.1) is 0 Å². The molecule has 0 radical (unpaired) electrons. The molecule has 2 rings (SSSR count). The van der Waals surface area contributed by atoms with Crippen molar-refractivity contribution in [2.24, 2.45) is 0 Å². The van der Waals surface area contributed by atoms with Crippen LogP contribution in [0.1, 0.15) is 0 Å². The first-order valence-corrected chi connectivity index (χ1v) is 5.18. The largest absolute Gasteiger partial charge is 0.496 e. The fourth-order valence-corrected chi connectivity index (χ4v) is 1.72. The third-order valence-corrected chi connectivity index (χ3v) is 2.53. The summed E-state index contributed by atoms with van der Waals surface area (Å²) in [6.07, 6.45) is 0. The van der Waals surface area contributed by atoms with E-state index in [1.54, 1.807) is 25.3 Å². The average Bonchev–Trinajstić information content (AvgIpc) is 2.28. The molecule has 0 N–H and O–H groups in total. The lowest BCUT2D eigenvalue weighted by Crippen LogP contribution is -1.88. The highest BCUT2D eigenvalue weighted by Gasteiger charge is 2.06. The Labute approximate surface area is 98.4 Å². The molecule has 0 saturated heterocycles. The lowest BCUT2D eigenvalue weighted by molar-refractivity contribution is 0.416. The van der Waals surface area contributed by atoms with Gasteiger partial charge in [-0.1, -0.05) is 23.7 Å². The van der Waals surface area contributed by atoms with E-state index in [1.807, 2.05) is 12.1 Å². The van der Waals surface area contributed by atoms with Crippen molar-refractivity contribution in [3.63, 3.8) is 0 Å². The van der Waals surface area contributed by atoms with Gasteiger partial charge in [0.15, 0.2) is 0 Å². The molecule has 0 aromatic heterocycles. The summed E-state index contributed by atoms with van der Waals surface area (Å²) in [5.74, 6) is 0.368. The number of methoxy groups -OCH3 is 1. The summed E-state index contributed by atoms with van der Waals surface area (Å²) >= 11 is 5.86. The van der Waals surface area contributed by atoms with Crippen molar-refractivity contribution < 1.29 is 9.13 Å². The Kier molecular flexibility index (Phi) is 3.11. The summed E-state index contributed by atoms with van der Waals surface area (Å²) < 4.78 is 18.3. The number of halogens is 2. The lowest BCUT2D eigenvalue weighted by atomic mass is 10.0. The van der Waals surface area contributed by atoms with Crippen molar-refractivity contribution in [1.82, 2.24) is 0 Å². The van der Waals surface area contributed by atoms with Crippen molar-refractivity contribution >= 4 is 11.6 Å². The van der Waals surface area contributed by atoms with Crippen molar-refractivity contribution in [1.29, 1.82) is 0 Å². The normalized spacial score (nSPS) is 10.2. The Bertz CT molecular complexity index is 511. The highest BCUT2D eigenvalue weighted by molar-refractivity contribution is 6.30. The van der Waals surface area contributed by atoms with E-state index in [4.69, 9.17) is 16.3 Å². The van der Waals surface area contributed by atoms with Crippen LogP contribution in [0, 0.1) is 5.82 Å². The topological polar surface area (TPSA) is 9.23 Å². The Hall–Kier alpha value is -1.54. The second-order valence-corrected chi connectivity index (χ2v) is 3.79. The minimum Gasteiger partial charge on any atom is -0.496 e. The highest BCUT2D eigenvalue weighted by atomic mass is 35.5. The van der Waals surface area contributed by atoms with Crippen molar-refractivity contribution in [2.75, 3.05) is 7.11 Å². The van der Waals surface area contributed by atoms with Crippen molar-refractivity contribution in [3.8, 4) is 16.9 Å². The van der Waals surface area contributed by atoms with Gasteiger partial charge in [0, 0.05) is 10.6 Å². The van der Waals surface area contributed by atoms with Gasteiger partial charge in [0.1, 0.15) is 11.6 Å². The Morgan fingerprint density at radius 1 is 1.12 bits per heavy atom. The molecule has 0 aliphatic rings. The summed E-state index contributed by atoms with van der Waals surface area (Å²) in [5, 5.41) is 0.594. The molecule has 0 aliphatic heterocycles. The summed E-state index contributed by atoms with van der Waals surface area (Å²) in [4.78, 5) is 0. The zero-order chi connectivity index (χ0) is 11.5. The molecule has 16 heavy (non-hydrogen) atoms. The molecular weight excluding hydrogens is 227 g/mol. The number of ether oxygens (including phenoxy) is 1. The molecule has 82 valence electrons. The van der Waals surface area contributed by atoms with E-state index >= 15 is 0 Å². The molecule has 0 spiro atoms. The third kappa shape index (κ3) is 2.17. The monoisotopic (exact) mass is 236 g/mol. The third-order valence-electron chi connectivity index (χ3n) is 2.30. The van der Waals surface area contributed by atoms with E-state index in [2.05, 4.69) is 0 Å². The maximum absolute atomic E-state index is 13.1. The molecule has 0 atom stereocenters. The molecule has 0 aliphatic carbocycles. The Balaban J connectivity index is 2.55. The fraction of sp³-hybridized carbons (Fsp3) is 0.0769. The van der Waals surface area contributed by atoms with E-state index in [1.165, 1.54) is 12.1 Å². The molecular formula is C13H10ClFO. The Morgan fingerprint density at radius 2 is 1.94 bits per heavy atom. The first kappa shape index (κ1) is 11.0. The Morgan fingerprint density at radius 3 is 2.62 bits per heavy atom. The average molecular weight is 237 g/mol. The summed E-state index contributed by atoms with van der Waals surface area (Å²) in [6, 6.07) is 11.6. The molecule has 1 nitrogen and oxygen atoms in total. The molecule has 2 aromatic rings. The van der Waals surface area contributed by atoms with Crippen LogP contribution in [0.5, 0.6) is 5.75 Å². The maximum atomic E-state index is 13.1. The van der Waals surface area contributed by atoms with E-state index in [0.717, 1.165) is 11.1 Å². The lowest BCUT2D eigenvalue weighted by Gasteiger charge is -2.08. The van der Waals surface area contributed by atoms with Crippen LogP contribution in [0.3, 0.4) is 0 Å². The highest BCUT2D eigenvalue weighted by Crippen LogP contribution is 2.32. The molecule has 0 fully saturated rings. The summed E-state index contributed by atoms with van der Waals surface area (Å²) in [7, 11) is 1.56. The predicted molar refractivity (Wildman–Crippen MR) is 63.4 cm³/mol. The molecule has 0 amide bonds. The number of hydrogen-bond donors (Lipinski definition) is 0. The van der Waals surface area contributed by atoms with Gasteiger partial charge in [0.05, 0.1) is 7.11 Å². The van der Waals surface area contributed by atoms with Gasteiger partial charge in [-0.25, -0.2) is 4.39 Å². The summed E-state index contributed by atoms with van der Waals surface area (Å²) in [5.41, 5.74) is 1.60. The number of hydrogen-bond acceptors (Lipinski definition) is 1. The number of rotatable bonds is 2. The second-order valence-electron chi connectivity index (χ2n) is 3.35. The fourth-order valence-electron chi connectivity index (χ4n) is 1.56. The molecule has 0 heterocycles. The van der Waals surface area contributed by atoms with Crippen LogP contribution in [0.15, 0.2) is 42.5 Å². The second kappa shape index (κ2) is 4.54. The minimum absolute atomic E-state index is 0.269. The predicted octanol–water partition coefficient (Wildman–Crippen LogP) is 4.15. The molecule has 2 aromatic carbocycles. The van der Waals surface area contributed by atoms with Crippen LogP contribution in [-0.2, 0) is 0 Å². The van der Waals surface area contributed by atoms with Crippen LogP contribution >= 0.6 is 11.6 Å². The van der Waals surface area contributed by atoms with Crippen LogP contribution in [0.4, 0.5) is 4.39 Å². The van der Waals surface area contributed by atoms with Crippen molar-refractivity contribution in [3.05, 3.63) is 53.3 Å². The molecule has 0 saturated carbocycles. The first-order chi connectivity index (χ1) is 7.70. The van der Waals surface area contributed by atoms with Gasteiger partial charge in [-0.05, 0) is 35.9 Å². The van der Waals surface area contributed by atoms with E-state index in [0.29, 0.717) is 10.8 Å². The van der Waals surface area contributed by atoms with Crippen LogP contribution < -0.4 is 4.74 Å². The minimum atomic E-state index is -0.269. The van der Waals surface area contributed by atoms with Crippen LogP contribution in [0.25, 0.3) is 11.1 Å². The zero-order valence-corrected chi connectivity index (χ0v) is 9.46. The van der Waals surface area contributed by atoms with Gasteiger partial charge in [-0.3, -0.25) is 0 Å². The standard InChI is InChI=1S/C13H10ClFO/c1-16-13-8-10(14)5-6-12(13)9-3-2-4-11(15)7-9/h2-8H,1H3. The van der Waals surface area contributed by atoms with Gasteiger partial charge >= 0.3 is 0 Å². The number of benzene rings is 2.